The Hall–Kier alpha value is -1.36. The summed E-state index contributed by atoms with van der Waals surface area (Å²) >= 11 is 0. The van der Waals surface area contributed by atoms with E-state index in [1.165, 1.54) is 13.0 Å². The molecule has 0 saturated carbocycles. The minimum atomic E-state index is -4.37. The summed E-state index contributed by atoms with van der Waals surface area (Å²) in [7, 11) is 0. The van der Waals surface area contributed by atoms with Crippen molar-refractivity contribution in [3.63, 3.8) is 0 Å². The Bertz CT molecular complexity index is 427. The van der Waals surface area contributed by atoms with E-state index in [1.54, 1.807) is 0 Å². The Kier molecular flexibility index (Phi) is 4.90. The molecule has 0 unspecified atom stereocenters. The van der Waals surface area contributed by atoms with Gasteiger partial charge in [0.15, 0.2) is 5.78 Å². The predicted molar refractivity (Wildman–Crippen MR) is 63.7 cm³/mol. The highest BCUT2D eigenvalue weighted by Gasteiger charge is 2.30. The van der Waals surface area contributed by atoms with Gasteiger partial charge in [-0.3, -0.25) is 4.79 Å². The van der Waals surface area contributed by atoms with Gasteiger partial charge in [-0.1, -0.05) is 13.0 Å². The third-order valence-electron chi connectivity index (χ3n) is 2.57. The first kappa shape index (κ1) is 14.7. The van der Waals surface area contributed by atoms with Gasteiger partial charge in [0, 0.05) is 5.56 Å². The van der Waals surface area contributed by atoms with Crippen LogP contribution in [0.3, 0.4) is 0 Å². The van der Waals surface area contributed by atoms with Crippen molar-refractivity contribution in [2.75, 3.05) is 13.1 Å². The number of halogens is 3. The van der Waals surface area contributed by atoms with E-state index in [4.69, 9.17) is 0 Å². The third kappa shape index (κ3) is 3.84. The molecule has 0 spiro atoms. The van der Waals surface area contributed by atoms with Crippen LogP contribution in [0.2, 0.25) is 0 Å². The maximum atomic E-state index is 12.5. The number of rotatable bonds is 5. The Labute approximate surface area is 104 Å². The number of carbonyl (C=O) groups is 1. The minimum Gasteiger partial charge on any atom is -0.310 e. The van der Waals surface area contributed by atoms with Crippen LogP contribution in [0.1, 0.15) is 34.8 Å². The highest BCUT2D eigenvalue weighted by molar-refractivity contribution is 5.98. The van der Waals surface area contributed by atoms with Crippen LogP contribution in [0.25, 0.3) is 0 Å². The smallest absolute Gasteiger partial charge is 0.310 e. The number of aryl methyl sites for hydroxylation is 1. The van der Waals surface area contributed by atoms with Gasteiger partial charge in [-0.25, -0.2) is 0 Å². The predicted octanol–water partition coefficient (Wildman–Crippen LogP) is 3.20. The summed E-state index contributed by atoms with van der Waals surface area (Å²) in [5, 5.41) is 2.93. The number of ketones is 1. The molecule has 1 aromatic carbocycles. The van der Waals surface area contributed by atoms with Crippen molar-refractivity contribution in [3.05, 3.63) is 34.9 Å². The van der Waals surface area contributed by atoms with Gasteiger partial charge < -0.3 is 5.32 Å². The average molecular weight is 259 g/mol. The van der Waals surface area contributed by atoms with Crippen LogP contribution in [0, 0.1) is 6.92 Å². The fraction of sp³-hybridized carbons (Fsp3) is 0.462. The zero-order valence-electron chi connectivity index (χ0n) is 10.4. The molecule has 5 heteroatoms. The molecule has 0 aromatic heterocycles. The van der Waals surface area contributed by atoms with Gasteiger partial charge in [-0.15, -0.1) is 0 Å². The maximum Gasteiger partial charge on any atom is 0.416 e. The summed E-state index contributed by atoms with van der Waals surface area (Å²) in [6.45, 7) is 4.36. The molecule has 1 aromatic rings. The van der Waals surface area contributed by atoms with E-state index in [0.29, 0.717) is 17.7 Å². The van der Waals surface area contributed by atoms with Crippen molar-refractivity contribution in [2.24, 2.45) is 0 Å². The van der Waals surface area contributed by atoms with Crippen LogP contribution < -0.4 is 5.32 Å². The van der Waals surface area contributed by atoms with E-state index in [9.17, 15) is 18.0 Å². The monoisotopic (exact) mass is 259 g/mol. The molecule has 0 heterocycles. The second-order valence-corrected chi connectivity index (χ2v) is 4.13. The lowest BCUT2D eigenvalue weighted by atomic mass is 10.0. The first-order chi connectivity index (χ1) is 8.36. The molecule has 2 nitrogen and oxygen atoms in total. The quantitative estimate of drug-likeness (QED) is 0.650. The van der Waals surface area contributed by atoms with E-state index in [0.717, 1.165) is 18.6 Å². The molecule has 0 bridgehead atoms. The molecule has 1 N–H and O–H groups in total. The van der Waals surface area contributed by atoms with Crippen molar-refractivity contribution >= 4 is 5.78 Å². The van der Waals surface area contributed by atoms with Crippen molar-refractivity contribution in [2.45, 2.75) is 26.4 Å². The number of hydrogen-bond donors (Lipinski definition) is 1. The molecule has 0 amide bonds. The van der Waals surface area contributed by atoms with Crippen LogP contribution in [-0.2, 0) is 6.18 Å². The second-order valence-electron chi connectivity index (χ2n) is 4.13. The van der Waals surface area contributed by atoms with Crippen molar-refractivity contribution in [1.29, 1.82) is 0 Å². The molecular formula is C13H16F3NO. The Morgan fingerprint density at radius 3 is 2.50 bits per heavy atom. The van der Waals surface area contributed by atoms with Crippen molar-refractivity contribution in [1.82, 2.24) is 5.32 Å². The summed E-state index contributed by atoms with van der Waals surface area (Å²) in [5.41, 5.74) is -0.0298. The molecule has 0 atom stereocenters. The van der Waals surface area contributed by atoms with Gasteiger partial charge in [0.2, 0.25) is 0 Å². The fourth-order valence-electron chi connectivity index (χ4n) is 1.63. The molecule has 0 saturated heterocycles. The molecule has 0 aliphatic carbocycles. The minimum absolute atomic E-state index is 0.153. The molecular weight excluding hydrogens is 243 g/mol. The lowest BCUT2D eigenvalue weighted by Crippen LogP contribution is -2.24. The number of benzene rings is 1. The largest absolute Gasteiger partial charge is 0.416 e. The SMILES string of the molecule is CCCNCC(=O)c1ccc(C(F)(F)F)cc1C. The standard InChI is InChI=1S/C13H16F3NO/c1-3-6-17-8-12(18)11-5-4-10(7-9(11)2)13(14,15)16/h4-5,7,17H,3,6,8H2,1-2H3. The lowest BCUT2D eigenvalue weighted by Gasteiger charge is -2.10. The molecule has 0 aliphatic heterocycles. The third-order valence-corrected chi connectivity index (χ3v) is 2.57. The van der Waals surface area contributed by atoms with Crippen LogP contribution in [0.15, 0.2) is 18.2 Å². The van der Waals surface area contributed by atoms with E-state index in [-0.39, 0.29) is 12.3 Å². The average Bonchev–Trinajstić information content (AvgIpc) is 2.27. The summed E-state index contributed by atoms with van der Waals surface area (Å²) in [4.78, 5) is 11.8. The van der Waals surface area contributed by atoms with Gasteiger partial charge in [0.25, 0.3) is 0 Å². The van der Waals surface area contributed by atoms with Crippen LogP contribution in [0.4, 0.5) is 13.2 Å². The molecule has 100 valence electrons. The highest BCUT2D eigenvalue weighted by atomic mass is 19.4. The van der Waals surface area contributed by atoms with Crippen LogP contribution in [0.5, 0.6) is 0 Å². The van der Waals surface area contributed by atoms with Crippen molar-refractivity contribution in [3.8, 4) is 0 Å². The Balaban J connectivity index is 2.82. The number of hydrogen-bond acceptors (Lipinski definition) is 2. The summed E-state index contributed by atoms with van der Waals surface area (Å²) in [6.07, 6.45) is -3.47. The molecule has 0 fully saturated rings. The van der Waals surface area contributed by atoms with Gasteiger partial charge in [0.1, 0.15) is 0 Å². The lowest BCUT2D eigenvalue weighted by molar-refractivity contribution is -0.137. The van der Waals surface area contributed by atoms with Gasteiger partial charge >= 0.3 is 6.18 Å². The van der Waals surface area contributed by atoms with Gasteiger partial charge in [0.05, 0.1) is 12.1 Å². The Morgan fingerprint density at radius 2 is 2.00 bits per heavy atom. The fourth-order valence-corrected chi connectivity index (χ4v) is 1.63. The molecule has 0 aliphatic rings. The maximum absolute atomic E-state index is 12.5. The Morgan fingerprint density at radius 1 is 1.33 bits per heavy atom. The van der Waals surface area contributed by atoms with Gasteiger partial charge in [-0.05, 0) is 37.6 Å². The first-order valence-electron chi connectivity index (χ1n) is 5.78. The summed E-state index contributed by atoms with van der Waals surface area (Å²) < 4.78 is 37.4. The first-order valence-corrected chi connectivity index (χ1v) is 5.78. The zero-order chi connectivity index (χ0) is 13.8. The van der Waals surface area contributed by atoms with E-state index in [1.807, 2.05) is 6.92 Å². The molecule has 18 heavy (non-hydrogen) atoms. The van der Waals surface area contributed by atoms with Crippen LogP contribution in [-0.4, -0.2) is 18.9 Å². The number of nitrogens with one attached hydrogen (secondary N) is 1. The van der Waals surface area contributed by atoms with E-state index >= 15 is 0 Å². The second kappa shape index (κ2) is 6.00. The van der Waals surface area contributed by atoms with Gasteiger partial charge in [-0.2, -0.15) is 13.2 Å². The van der Waals surface area contributed by atoms with E-state index < -0.39 is 11.7 Å². The topological polar surface area (TPSA) is 29.1 Å². The number of alkyl halides is 3. The van der Waals surface area contributed by atoms with Crippen LogP contribution >= 0.6 is 0 Å². The number of carbonyl (C=O) groups excluding carboxylic acids is 1. The van der Waals surface area contributed by atoms with Crippen molar-refractivity contribution < 1.29 is 18.0 Å². The molecule has 1 rings (SSSR count). The van der Waals surface area contributed by atoms with E-state index in [2.05, 4.69) is 5.32 Å². The highest BCUT2D eigenvalue weighted by Crippen LogP contribution is 2.30. The summed E-state index contributed by atoms with van der Waals surface area (Å²) in [5.74, 6) is -0.185. The number of Topliss-reactive ketones (excluding diaryl/α,β-unsaturated/α-hetero) is 1. The summed E-state index contributed by atoms with van der Waals surface area (Å²) in [6, 6.07) is 3.20. The normalized spacial score (nSPS) is 11.6. The zero-order valence-corrected chi connectivity index (χ0v) is 10.4. The molecule has 0 radical (unpaired) electrons.